The van der Waals surface area contributed by atoms with Gasteiger partial charge in [0.25, 0.3) is 0 Å². The lowest BCUT2D eigenvalue weighted by atomic mass is 9.93. The SMILES string of the molecule is N#Cc1cc(-c2ccc(-c3ccccc3)cc2)cc(-c2cccc(-c3ccc4c(c3)Sc3cccc5c6ccccc6n-4c35)c2)c1. The third kappa shape index (κ3) is 4.35. The van der Waals surface area contributed by atoms with Gasteiger partial charge < -0.3 is 4.57 Å². The van der Waals surface area contributed by atoms with Crippen LogP contribution in [0.4, 0.5) is 0 Å². The average molecular weight is 603 g/mol. The van der Waals surface area contributed by atoms with E-state index in [1.165, 1.54) is 54.0 Å². The van der Waals surface area contributed by atoms with Gasteiger partial charge in [0.1, 0.15) is 0 Å². The van der Waals surface area contributed by atoms with Crippen molar-refractivity contribution in [3.8, 4) is 56.3 Å². The van der Waals surface area contributed by atoms with Crippen molar-refractivity contribution in [3.63, 3.8) is 0 Å². The summed E-state index contributed by atoms with van der Waals surface area (Å²) in [5.41, 5.74) is 13.3. The van der Waals surface area contributed by atoms with Crippen LogP contribution < -0.4 is 0 Å². The monoisotopic (exact) mass is 602 g/mol. The third-order valence-corrected chi connectivity index (χ3v) is 10.1. The second-order valence-corrected chi connectivity index (χ2v) is 12.8. The summed E-state index contributed by atoms with van der Waals surface area (Å²) in [5.74, 6) is 0. The van der Waals surface area contributed by atoms with E-state index in [0.29, 0.717) is 5.56 Å². The molecule has 3 heteroatoms. The summed E-state index contributed by atoms with van der Waals surface area (Å²) in [4.78, 5) is 2.53. The van der Waals surface area contributed by atoms with Gasteiger partial charge in [0, 0.05) is 20.6 Å². The van der Waals surface area contributed by atoms with Gasteiger partial charge in [-0.1, -0.05) is 121 Å². The molecule has 2 nitrogen and oxygen atoms in total. The summed E-state index contributed by atoms with van der Waals surface area (Å²) in [7, 11) is 0. The summed E-state index contributed by atoms with van der Waals surface area (Å²) < 4.78 is 2.42. The van der Waals surface area contributed by atoms with Crippen molar-refractivity contribution in [1.82, 2.24) is 4.57 Å². The highest BCUT2D eigenvalue weighted by atomic mass is 32.2. The second kappa shape index (κ2) is 10.7. The van der Waals surface area contributed by atoms with Crippen molar-refractivity contribution in [2.45, 2.75) is 9.79 Å². The number of nitriles is 1. The highest BCUT2D eigenvalue weighted by molar-refractivity contribution is 7.99. The van der Waals surface area contributed by atoms with Crippen LogP contribution in [0.2, 0.25) is 0 Å². The average Bonchev–Trinajstić information content (AvgIpc) is 3.47. The Hall–Kier alpha value is -5.82. The van der Waals surface area contributed by atoms with E-state index in [9.17, 15) is 5.26 Å². The van der Waals surface area contributed by atoms with Crippen LogP contribution in [0.15, 0.2) is 168 Å². The molecule has 0 spiro atoms. The summed E-state index contributed by atoms with van der Waals surface area (Å²) in [5, 5.41) is 12.5. The third-order valence-electron chi connectivity index (χ3n) is 9.00. The quantitative estimate of drug-likeness (QED) is 0.200. The molecule has 0 aliphatic carbocycles. The first kappa shape index (κ1) is 26.6. The molecule has 0 bridgehead atoms. The summed E-state index contributed by atoms with van der Waals surface area (Å²) >= 11 is 1.85. The zero-order valence-electron chi connectivity index (χ0n) is 24.8. The summed E-state index contributed by atoms with van der Waals surface area (Å²) in [6, 6.07) is 58.3. The molecular formula is C43H26N2S. The molecule has 0 saturated heterocycles. The van der Waals surface area contributed by atoms with Crippen molar-refractivity contribution >= 4 is 33.6 Å². The maximum Gasteiger partial charge on any atom is 0.0992 e. The van der Waals surface area contributed by atoms with Crippen LogP contribution in [0.1, 0.15) is 5.56 Å². The maximum atomic E-state index is 9.94. The second-order valence-electron chi connectivity index (χ2n) is 11.7. The van der Waals surface area contributed by atoms with E-state index < -0.39 is 0 Å². The first-order valence-corrected chi connectivity index (χ1v) is 16.2. The number of nitrogens with zero attached hydrogens (tertiary/aromatic N) is 2. The van der Waals surface area contributed by atoms with Gasteiger partial charge in [0.15, 0.2) is 0 Å². The van der Waals surface area contributed by atoms with Crippen LogP contribution in [0, 0.1) is 11.3 Å². The Labute approximate surface area is 271 Å². The van der Waals surface area contributed by atoms with Crippen LogP contribution >= 0.6 is 11.8 Å². The number of benzene rings is 7. The molecule has 1 aliphatic rings. The largest absolute Gasteiger partial charge is 0.307 e. The molecule has 1 aliphatic heterocycles. The highest BCUT2D eigenvalue weighted by Crippen LogP contribution is 2.47. The Morgan fingerprint density at radius 1 is 0.435 bits per heavy atom. The number of rotatable bonds is 4. The first-order valence-electron chi connectivity index (χ1n) is 15.4. The Balaban J connectivity index is 1.09. The molecule has 46 heavy (non-hydrogen) atoms. The van der Waals surface area contributed by atoms with Crippen molar-refractivity contribution in [2.75, 3.05) is 0 Å². The van der Waals surface area contributed by atoms with E-state index in [1.807, 2.05) is 30.0 Å². The van der Waals surface area contributed by atoms with E-state index in [2.05, 4.69) is 150 Å². The zero-order valence-corrected chi connectivity index (χ0v) is 25.6. The first-order chi connectivity index (χ1) is 22.7. The minimum absolute atomic E-state index is 0.652. The molecular weight excluding hydrogens is 577 g/mol. The summed E-state index contributed by atoms with van der Waals surface area (Å²) in [6.45, 7) is 0. The predicted octanol–water partition coefficient (Wildman–Crippen LogP) is 11.8. The minimum Gasteiger partial charge on any atom is -0.307 e. The Bertz CT molecular complexity index is 2500. The number of para-hydroxylation sites is 2. The Morgan fingerprint density at radius 3 is 1.80 bits per heavy atom. The highest BCUT2D eigenvalue weighted by Gasteiger charge is 2.23. The van der Waals surface area contributed by atoms with E-state index in [-0.39, 0.29) is 0 Å². The fraction of sp³-hybridized carbons (Fsp3) is 0. The fourth-order valence-electron chi connectivity index (χ4n) is 6.79. The predicted molar refractivity (Wildman–Crippen MR) is 191 cm³/mol. The Kier molecular flexibility index (Phi) is 6.16. The lowest BCUT2D eigenvalue weighted by Gasteiger charge is -2.21. The molecule has 0 atom stereocenters. The molecule has 9 rings (SSSR count). The fourth-order valence-corrected chi connectivity index (χ4v) is 7.92. The molecule has 0 fully saturated rings. The van der Waals surface area contributed by atoms with Crippen LogP contribution in [0.3, 0.4) is 0 Å². The van der Waals surface area contributed by atoms with Gasteiger partial charge in [0.05, 0.1) is 28.4 Å². The maximum absolute atomic E-state index is 9.94. The molecule has 8 aromatic rings. The van der Waals surface area contributed by atoms with Gasteiger partial charge in [-0.05, 0) is 93.0 Å². The van der Waals surface area contributed by atoms with Crippen molar-refractivity contribution in [1.29, 1.82) is 5.26 Å². The van der Waals surface area contributed by atoms with Crippen LogP contribution in [-0.2, 0) is 0 Å². The number of hydrogen-bond acceptors (Lipinski definition) is 2. The molecule has 0 N–H and O–H groups in total. The summed E-state index contributed by atoms with van der Waals surface area (Å²) in [6.07, 6.45) is 0. The minimum atomic E-state index is 0.652. The van der Waals surface area contributed by atoms with E-state index in [4.69, 9.17) is 0 Å². The van der Waals surface area contributed by atoms with Gasteiger partial charge in [0.2, 0.25) is 0 Å². The molecule has 7 aromatic carbocycles. The van der Waals surface area contributed by atoms with Gasteiger partial charge in [-0.25, -0.2) is 0 Å². The standard InChI is InChI=1S/C43H26N2S/c44-27-28-22-35(31-18-16-30(17-19-31)29-8-2-1-3-9-29)25-36(23-28)33-11-6-10-32(24-33)34-20-21-40-42(26-34)46-41-15-7-13-38-37-12-4-5-14-39(37)45(40)43(38)41/h1-26H. The number of fused-ring (bicyclic) bond motifs is 5. The topological polar surface area (TPSA) is 28.7 Å². The molecule has 0 amide bonds. The van der Waals surface area contributed by atoms with Crippen LogP contribution in [0.5, 0.6) is 0 Å². The van der Waals surface area contributed by atoms with E-state index >= 15 is 0 Å². The van der Waals surface area contributed by atoms with Crippen molar-refractivity contribution < 1.29 is 0 Å². The molecule has 2 heterocycles. The number of aromatic nitrogens is 1. The smallest absolute Gasteiger partial charge is 0.0992 e. The van der Waals surface area contributed by atoms with Crippen LogP contribution in [0.25, 0.3) is 72.0 Å². The van der Waals surface area contributed by atoms with E-state index in [1.54, 1.807) is 0 Å². The molecule has 0 radical (unpaired) electrons. The van der Waals surface area contributed by atoms with Crippen LogP contribution in [-0.4, -0.2) is 4.57 Å². The van der Waals surface area contributed by atoms with Gasteiger partial charge in [-0.15, -0.1) is 0 Å². The molecule has 1 aromatic heterocycles. The molecule has 214 valence electrons. The van der Waals surface area contributed by atoms with Gasteiger partial charge in [-0.3, -0.25) is 0 Å². The zero-order chi connectivity index (χ0) is 30.6. The molecule has 0 unspecified atom stereocenters. The van der Waals surface area contributed by atoms with E-state index in [0.717, 1.165) is 27.8 Å². The van der Waals surface area contributed by atoms with Gasteiger partial charge >= 0.3 is 0 Å². The Morgan fingerprint density at radius 2 is 1.00 bits per heavy atom. The number of hydrogen-bond donors (Lipinski definition) is 0. The van der Waals surface area contributed by atoms with Crippen molar-refractivity contribution in [2.24, 2.45) is 0 Å². The lowest BCUT2D eigenvalue weighted by molar-refractivity contribution is 1.09. The van der Waals surface area contributed by atoms with Crippen molar-refractivity contribution in [3.05, 3.63) is 163 Å². The molecule has 0 saturated carbocycles. The normalized spacial score (nSPS) is 11.8. The van der Waals surface area contributed by atoms with Gasteiger partial charge in [-0.2, -0.15) is 5.26 Å². The lowest BCUT2D eigenvalue weighted by Crippen LogP contribution is -2.01.